The molecule has 0 saturated carbocycles. The molecule has 2 atom stereocenters. The van der Waals surface area contributed by atoms with Gasteiger partial charge in [0.25, 0.3) is 11.8 Å². The van der Waals surface area contributed by atoms with Gasteiger partial charge in [0.15, 0.2) is 12.2 Å². The summed E-state index contributed by atoms with van der Waals surface area (Å²) in [5.74, 6) is 1.02. The van der Waals surface area contributed by atoms with Crippen LogP contribution in [0.1, 0.15) is 37.8 Å². The molecule has 0 fully saturated rings. The molecular formula is C28H32N2O4. The van der Waals surface area contributed by atoms with Gasteiger partial charge in [0.05, 0.1) is 0 Å². The van der Waals surface area contributed by atoms with Crippen molar-refractivity contribution in [2.24, 2.45) is 0 Å². The van der Waals surface area contributed by atoms with Crippen molar-refractivity contribution in [1.29, 1.82) is 0 Å². The molecule has 3 aromatic rings. The Balaban J connectivity index is 1.50. The molecule has 0 radical (unpaired) electrons. The lowest BCUT2D eigenvalue weighted by molar-refractivity contribution is -0.128. The van der Waals surface area contributed by atoms with Crippen LogP contribution in [-0.4, -0.2) is 24.0 Å². The summed E-state index contributed by atoms with van der Waals surface area (Å²) in [5, 5.41) is 5.89. The van der Waals surface area contributed by atoms with Gasteiger partial charge in [0, 0.05) is 13.1 Å². The lowest BCUT2D eigenvalue weighted by atomic mass is 10.1. The predicted molar refractivity (Wildman–Crippen MR) is 132 cm³/mol. The van der Waals surface area contributed by atoms with Crippen molar-refractivity contribution in [2.75, 3.05) is 0 Å². The number of rotatable bonds is 12. The fraction of sp³-hybridized carbons (Fsp3) is 0.286. The topological polar surface area (TPSA) is 76.7 Å². The summed E-state index contributed by atoms with van der Waals surface area (Å²) in [6, 6.07) is 26.4. The first-order valence-electron chi connectivity index (χ1n) is 11.7. The van der Waals surface area contributed by atoms with E-state index in [0.29, 0.717) is 37.4 Å². The van der Waals surface area contributed by atoms with Crippen LogP contribution in [0.5, 0.6) is 11.5 Å². The number of ether oxygens (including phenoxy) is 2. The molecule has 6 heteroatoms. The summed E-state index contributed by atoms with van der Waals surface area (Å²) in [5.41, 5.74) is 1.89. The Morgan fingerprint density at radius 1 is 0.647 bits per heavy atom. The summed E-state index contributed by atoms with van der Waals surface area (Å²) in [4.78, 5) is 25.2. The van der Waals surface area contributed by atoms with Crippen molar-refractivity contribution in [1.82, 2.24) is 10.6 Å². The predicted octanol–water partition coefficient (Wildman–Crippen LogP) is 4.63. The molecule has 178 valence electrons. The minimum atomic E-state index is -0.555. The minimum Gasteiger partial charge on any atom is -0.481 e. The van der Waals surface area contributed by atoms with Gasteiger partial charge in [0.2, 0.25) is 0 Å². The van der Waals surface area contributed by atoms with Crippen LogP contribution in [-0.2, 0) is 22.7 Å². The number of nitrogens with one attached hydrogen (secondary N) is 2. The Morgan fingerprint density at radius 2 is 1.06 bits per heavy atom. The maximum absolute atomic E-state index is 12.6. The number of hydrogen-bond acceptors (Lipinski definition) is 4. The first kappa shape index (κ1) is 24.8. The van der Waals surface area contributed by atoms with Crippen LogP contribution >= 0.6 is 0 Å². The van der Waals surface area contributed by atoms with Gasteiger partial charge in [-0.2, -0.15) is 0 Å². The van der Waals surface area contributed by atoms with E-state index in [1.165, 1.54) is 0 Å². The number of para-hydroxylation sites is 2. The second kappa shape index (κ2) is 13.0. The van der Waals surface area contributed by atoms with E-state index >= 15 is 0 Å². The highest BCUT2D eigenvalue weighted by Gasteiger charge is 2.19. The monoisotopic (exact) mass is 460 g/mol. The molecule has 0 aromatic heterocycles. The third-order valence-corrected chi connectivity index (χ3v) is 5.29. The van der Waals surface area contributed by atoms with E-state index in [1.807, 2.05) is 98.8 Å². The van der Waals surface area contributed by atoms with Gasteiger partial charge >= 0.3 is 0 Å². The summed E-state index contributed by atoms with van der Waals surface area (Å²) >= 11 is 0. The number of amides is 2. The molecule has 2 N–H and O–H groups in total. The van der Waals surface area contributed by atoms with Crippen molar-refractivity contribution in [3.05, 3.63) is 96.1 Å². The Labute approximate surface area is 201 Å². The molecule has 3 rings (SSSR count). The number of benzene rings is 3. The maximum Gasteiger partial charge on any atom is 0.261 e. The molecular weight excluding hydrogens is 428 g/mol. The third-order valence-electron chi connectivity index (χ3n) is 5.29. The van der Waals surface area contributed by atoms with Crippen LogP contribution in [0.4, 0.5) is 0 Å². The molecule has 0 aliphatic carbocycles. The average molecular weight is 461 g/mol. The van der Waals surface area contributed by atoms with Gasteiger partial charge < -0.3 is 20.1 Å². The van der Waals surface area contributed by atoms with E-state index in [9.17, 15) is 9.59 Å². The van der Waals surface area contributed by atoms with Crippen LogP contribution < -0.4 is 20.1 Å². The van der Waals surface area contributed by atoms with Crippen LogP contribution in [0.3, 0.4) is 0 Å². The molecule has 0 bridgehead atoms. The summed E-state index contributed by atoms with van der Waals surface area (Å²) in [6.07, 6.45) is 0.0216. The zero-order chi connectivity index (χ0) is 24.2. The zero-order valence-corrected chi connectivity index (χ0v) is 19.7. The average Bonchev–Trinajstić information content (AvgIpc) is 2.89. The number of hydrogen-bond donors (Lipinski definition) is 2. The van der Waals surface area contributed by atoms with Crippen LogP contribution in [0, 0.1) is 0 Å². The quantitative estimate of drug-likeness (QED) is 0.413. The van der Waals surface area contributed by atoms with Crippen LogP contribution in [0.2, 0.25) is 0 Å². The van der Waals surface area contributed by atoms with E-state index in [-0.39, 0.29) is 11.8 Å². The van der Waals surface area contributed by atoms with Gasteiger partial charge in [0.1, 0.15) is 11.5 Å². The number of carbonyl (C=O) groups is 2. The molecule has 0 heterocycles. The largest absolute Gasteiger partial charge is 0.481 e. The molecule has 0 saturated heterocycles. The molecule has 2 unspecified atom stereocenters. The Morgan fingerprint density at radius 3 is 1.44 bits per heavy atom. The summed E-state index contributed by atoms with van der Waals surface area (Å²) < 4.78 is 11.6. The van der Waals surface area contributed by atoms with Gasteiger partial charge in [-0.05, 0) is 48.2 Å². The van der Waals surface area contributed by atoms with Gasteiger partial charge in [-0.25, -0.2) is 0 Å². The second-order valence-corrected chi connectivity index (χ2v) is 7.91. The second-order valence-electron chi connectivity index (χ2n) is 7.91. The van der Waals surface area contributed by atoms with Crippen LogP contribution in [0.25, 0.3) is 0 Å². The summed E-state index contributed by atoms with van der Waals surface area (Å²) in [7, 11) is 0. The van der Waals surface area contributed by atoms with Crippen molar-refractivity contribution in [3.63, 3.8) is 0 Å². The summed E-state index contributed by atoms with van der Waals surface area (Å²) in [6.45, 7) is 4.59. The Kier molecular flexibility index (Phi) is 9.52. The smallest absolute Gasteiger partial charge is 0.261 e. The van der Waals surface area contributed by atoms with Gasteiger partial charge in [-0.1, -0.05) is 74.5 Å². The van der Waals surface area contributed by atoms with Crippen molar-refractivity contribution in [3.8, 4) is 11.5 Å². The van der Waals surface area contributed by atoms with E-state index in [0.717, 1.165) is 11.1 Å². The fourth-order valence-electron chi connectivity index (χ4n) is 3.43. The standard InChI is InChI=1S/C28H32N2O4/c1-3-25(33-23-14-7-5-8-15-23)27(31)29-19-21-12-11-13-22(18-21)20-30-28(32)26(4-2)34-24-16-9-6-10-17-24/h5-18,25-26H,3-4,19-20H2,1-2H3,(H,29,31)(H,30,32). The lowest BCUT2D eigenvalue weighted by Crippen LogP contribution is -2.38. The molecule has 34 heavy (non-hydrogen) atoms. The van der Waals surface area contributed by atoms with E-state index in [1.54, 1.807) is 0 Å². The van der Waals surface area contributed by atoms with Crippen molar-refractivity contribution < 1.29 is 19.1 Å². The van der Waals surface area contributed by atoms with Crippen molar-refractivity contribution in [2.45, 2.75) is 52.0 Å². The van der Waals surface area contributed by atoms with E-state index in [4.69, 9.17) is 9.47 Å². The van der Waals surface area contributed by atoms with Gasteiger partial charge in [-0.15, -0.1) is 0 Å². The van der Waals surface area contributed by atoms with Crippen LogP contribution in [0.15, 0.2) is 84.9 Å². The highest BCUT2D eigenvalue weighted by Crippen LogP contribution is 2.14. The molecule has 6 nitrogen and oxygen atoms in total. The molecule has 2 amide bonds. The van der Waals surface area contributed by atoms with Gasteiger partial charge in [-0.3, -0.25) is 9.59 Å². The highest BCUT2D eigenvalue weighted by atomic mass is 16.5. The fourth-order valence-corrected chi connectivity index (χ4v) is 3.43. The Hall–Kier alpha value is -3.80. The Bertz CT molecular complexity index is 960. The lowest BCUT2D eigenvalue weighted by Gasteiger charge is -2.18. The van der Waals surface area contributed by atoms with E-state index < -0.39 is 12.2 Å². The minimum absolute atomic E-state index is 0.158. The normalized spacial score (nSPS) is 12.3. The first-order valence-corrected chi connectivity index (χ1v) is 11.7. The van der Waals surface area contributed by atoms with E-state index in [2.05, 4.69) is 10.6 Å². The maximum atomic E-state index is 12.6. The zero-order valence-electron chi connectivity index (χ0n) is 19.7. The SMILES string of the molecule is CCC(Oc1ccccc1)C(=O)NCc1cccc(CNC(=O)C(CC)Oc2ccccc2)c1. The molecule has 3 aromatic carbocycles. The number of carbonyl (C=O) groups excluding carboxylic acids is 2. The first-order chi connectivity index (χ1) is 16.6. The molecule has 0 aliphatic heterocycles. The third kappa shape index (κ3) is 7.66. The molecule has 0 spiro atoms. The van der Waals surface area contributed by atoms with Crippen molar-refractivity contribution >= 4 is 11.8 Å². The molecule has 0 aliphatic rings. The highest BCUT2D eigenvalue weighted by molar-refractivity contribution is 5.81.